The van der Waals surface area contributed by atoms with E-state index in [4.69, 9.17) is 5.11 Å². The van der Waals surface area contributed by atoms with E-state index in [-0.39, 0.29) is 25.1 Å². The highest BCUT2D eigenvalue weighted by Crippen LogP contribution is 2.11. The van der Waals surface area contributed by atoms with E-state index in [0.29, 0.717) is 12.2 Å². The lowest BCUT2D eigenvalue weighted by atomic mass is 10.1. The van der Waals surface area contributed by atoms with Gasteiger partial charge in [-0.15, -0.1) is 10.2 Å². The van der Waals surface area contributed by atoms with Crippen molar-refractivity contribution in [3.63, 3.8) is 0 Å². The molecule has 1 unspecified atom stereocenters. The van der Waals surface area contributed by atoms with Gasteiger partial charge in [0.25, 0.3) is 0 Å². The predicted molar refractivity (Wildman–Crippen MR) is 77.2 cm³/mol. The van der Waals surface area contributed by atoms with Gasteiger partial charge in [0.15, 0.2) is 0 Å². The average molecular weight is 289 g/mol. The molecule has 7 nitrogen and oxygen atoms in total. The number of aliphatic hydroxyl groups excluding tert-OH is 1. The number of rotatable bonds is 7. The Morgan fingerprint density at radius 3 is 2.81 bits per heavy atom. The van der Waals surface area contributed by atoms with E-state index in [1.54, 1.807) is 0 Å². The molecule has 0 fully saturated rings. The maximum absolute atomic E-state index is 11.9. The first-order valence-corrected chi connectivity index (χ1v) is 6.96. The second kappa shape index (κ2) is 7.49. The largest absolute Gasteiger partial charge is 0.396 e. The van der Waals surface area contributed by atoms with Gasteiger partial charge in [-0.3, -0.25) is 4.79 Å². The standard InChI is InChI=1S/C14H19N5O2/c1-2-12(8-9-20)15-13(21)10-19-17-14(16-18-19)11-6-4-3-5-7-11/h3-7,12,20H,2,8-10H2,1H3,(H,15,21). The number of benzene rings is 1. The molecule has 112 valence electrons. The third kappa shape index (κ3) is 4.35. The minimum Gasteiger partial charge on any atom is -0.396 e. The molecule has 1 aromatic carbocycles. The third-order valence-electron chi connectivity index (χ3n) is 3.11. The Balaban J connectivity index is 1.95. The van der Waals surface area contributed by atoms with E-state index >= 15 is 0 Å². The maximum atomic E-state index is 11.9. The van der Waals surface area contributed by atoms with E-state index in [9.17, 15) is 4.79 Å². The number of nitrogens with one attached hydrogen (secondary N) is 1. The van der Waals surface area contributed by atoms with Crippen LogP contribution in [0.3, 0.4) is 0 Å². The van der Waals surface area contributed by atoms with Crippen molar-refractivity contribution < 1.29 is 9.90 Å². The molecule has 21 heavy (non-hydrogen) atoms. The van der Waals surface area contributed by atoms with Crippen molar-refractivity contribution in [2.45, 2.75) is 32.4 Å². The zero-order valence-corrected chi connectivity index (χ0v) is 11.9. The molecule has 7 heteroatoms. The summed E-state index contributed by atoms with van der Waals surface area (Å²) in [7, 11) is 0. The SMILES string of the molecule is CCC(CCO)NC(=O)Cn1nnc(-c2ccccc2)n1. The van der Waals surface area contributed by atoms with Crippen LogP contribution in [0.25, 0.3) is 11.4 Å². The van der Waals surface area contributed by atoms with E-state index in [0.717, 1.165) is 12.0 Å². The number of tetrazole rings is 1. The fourth-order valence-electron chi connectivity index (χ4n) is 1.95. The lowest BCUT2D eigenvalue weighted by Gasteiger charge is -2.14. The van der Waals surface area contributed by atoms with Crippen molar-refractivity contribution in [3.8, 4) is 11.4 Å². The molecule has 0 bridgehead atoms. The Kier molecular flexibility index (Phi) is 5.39. The topological polar surface area (TPSA) is 92.9 Å². The van der Waals surface area contributed by atoms with Crippen LogP contribution in [0, 0.1) is 0 Å². The van der Waals surface area contributed by atoms with Crippen molar-refractivity contribution in [2.24, 2.45) is 0 Å². The van der Waals surface area contributed by atoms with E-state index in [1.165, 1.54) is 4.80 Å². The van der Waals surface area contributed by atoms with Gasteiger partial charge in [-0.1, -0.05) is 37.3 Å². The van der Waals surface area contributed by atoms with Crippen LogP contribution in [-0.4, -0.2) is 43.9 Å². The number of nitrogens with zero attached hydrogens (tertiary/aromatic N) is 4. The summed E-state index contributed by atoms with van der Waals surface area (Å²) in [5.74, 6) is 0.304. The molecule has 0 aliphatic rings. The van der Waals surface area contributed by atoms with Crippen LogP contribution < -0.4 is 5.32 Å². The Labute approximate surface area is 123 Å². The van der Waals surface area contributed by atoms with Crippen LogP contribution in [0.5, 0.6) is 0 Å². The molecule has 0 saturated carbocycles. The molecule has 1 amide bonds. The summed E-state index contributed by atoms with van der Waals surface area (Å²) in [6.07, 6.45) is 1.31. The minimum absolute atomic E-state index is 0.0156. The molecule has 0 saturated heterocycles. The monoisotopic (exact) mass is 289 g/mol. The summed E-state index contributed by atoms with van der Waals surface area (Å²) in [6, 6.07) is 9.44. The van der Waals surface area contributed by atoms with Crippen molar-refractivity contribution in [3.05, 3.63) is 30.3 Å². The molecule has 2 N–H and O–H groups in total. The quantitative estimate of drug-likeness (QED) is 0.779. The molecule has 1 aromatic heterocycles. The number of aliphatic hydroxyl groups is 1. The molecule has 2 rings (SSSR count). The zero-order chi connectivity index (χ0) is 15.1. The van der Waals surface area contributed by atoms with Crippen molar-refractivity contribution in [1.29, 1.82) is 0 Å². The van der Waals surface area contributed by atoms with Gasteiger partial charge in [0.2, 0.25) is 11.7 Å². The van der Waals surface area contributed by atoms with Gasteiger partial charge < -0.3 is 10.4 Å². The van der Waals surface area contributed by atoms with E-state index in [2.05, 4.69) is 20.7 Å². The van der Waals surface area contributed by atoms with Crippen LogP contribution >= 0.6 is 0 Å². The first kappa shape index (κ1) is 15.1. The summed E-state index contributed by atoms with van der Waals surface area (Å²) in [5, 5.41) is 23.7. The Morgan fingerprint density at radius 1 is 1.38 bits per heavy atom. The lowest BCUT2D eigenvalue weighted by molar-refractivity contribution is -0.122. The second-order valence-corrected chi connectivity index (χ2v) is 4.69. The molecule has 0 spiro atoms. The average Bonchev–Trinajstić information content (AvgIpc) is 2.96. The predicted octanol–water partition coefficient (Wildman–Crippen LogP) is 0.617. The summed E-state index contributed by atoms with van der Waals surface area (Å²) in [6.45, 7) is 2.03. The molecule has 1 atom stereocenters. The Bertz CT molecular complexity index is 570. The van der Waals surface area contributed by atoms with Crippen molar-refractivity contribution in [2.75, 3.05) is 6.61 Å². The number of hydrogen-bond acceptors (Lipinski definition) is 5. The molecular weight excluding hydrogens is 270 g/mol. The van der Waals surface area contributed by atoms with Crippen LogP contribution in [0.2, 0.25) is 0 Å². The van der Waals surface area contributed by atoms with Crippen molar-refractivity contribution >= 4 is 5.91 Å². The first-order valence-electron chi connectivity index (χ1n) is 6.96. The van der Waals surface area contributed by atoms with Crippen LogP contribution in [0.15, 0.2) is 30.3 Å². The first-order chi connectivity index (χ1) is 10.2. The zero-order valence-electron chi connectivity index (χ0n) is 11.9. The molecule has 0 radical (unpaired) electrons. The molecule has 1 heterocycles. The van der Waals surface area contributed by atoms with Gasteiger partial charge in [-0.25, -0.2) is 0 Å². The summed E-state index contributed by atoms with van der Waals surface area (Å²) in [4.78, 5) is 13.1. The summed E-state index contributed by atoms with van der Waals surface area (Å²) >= 11 is 0. The summed E-state index contributed by atoms with van der Waals surface area (Å²) < 4.78 is 0. The highest BCUT2D eigenvalue weighted by atomic mass is 16.3. The number of aromatic nitrogens is 4. The summed E-state index contributed by atoms with van der Waals surface area (Å²) in [5.41, 5.74) is 0.857. The van der Waals surface area contributed by atoms with Gasteiger partial charge in [0.1, 0.15) is 6.54 Å². The van der Waals surface area contributed by atoms with Gasteiger partial charge in [-0.05, 0) is 18.1 Å². The highest BCUT2D eigenvalue weighted by Gasteiger charge is 2.12. The minimum atomic E-state index is -0.188. The van der Waals surface area contributed by atoms with E-state index in [1.807, 2.05) is 37.3 Å². The lowest BCUT2D eigenvalue weighted by Crippen LogP contribution is -2.37. The van der Waals surface area contributed by atoms with Crippen molar-refractivity contribution in [1.82, 2.24) is 25.5 Å². The number of amides is 1. The van der Waals surface area contributed by atoms with Gasteiger partial charge in [0, 0.05) is 18.2 Å². The molecule has 0 aliphatic heterocycles. The van der Waals surface area contributed by atoms with Gasteiger partial charge in [0.05, 0.1) is 0 Å². The molecule has 0 aliphatic carbocycles. The van der Waals surface area contributed by atoms with Crippen LogP contribution in [0.1, 0.15) is 19.8 Å². The normalized spacial score (nSPS) is 12.1. The van der Waals surface area contributed by atoms with Gasteiger partial charge >= 0.3 is 0 Å². The van der Waals surface area contributed by atoms with E-state index < -0.39 is 0 Å². The number of hydrogen-bond donors (Lipinski definition) is 2. The second-order valence-electron chi connectivity index (χ2n) is 4.69. The third-order valence-corrected chi connectivity index (χ3v) is 3.11. The highest BCUT2D eigenvalue weighted by molar-refractivity contribution is 5.75. The maximum Gasteiger partial charge on any atom is 0.243 e. The van der Waals surface area contributed by atoms with Crippen LogP contribution in [0.4, 0.5) is 0 Å². The molecular formula is C14H19N5O2. The Hall–Kier alpha value is -2.28. The number of carbonyl (C=O) groups is 1. The van der Waals surface area contributed by atoms with Crippen LogP contribution in [-0.2, 0) is 11.3 Å². The van der Waals surface area contributed by atoms with Gasteiger partial charge in [-0.2, -0.15) is 4.80 Å². The smallest absolute Gasteiger partial charge is 0.243 e. The fourth-order valence-corrected chi connectivity index (χ4v) is 1.95. The fraction of sp³-hybridized carbons (Fsp3) is 0.429. The molecule has 2 aromatic rings. The number of carbonyl (C=O) groups excluding carboxylic acids is 1. The Morgan fingerprint density at radius 2 is 2.14 bits per heavy atom.